The predicted molar refractivity (Wildman–Crippen MR) is 79.9 cm³/mol. The molecule has 0 heterocycles. The van der Waals surface area contributed by atoms with Gasteiger partial charge in [0.1, 0.15) is 5.82 Å². The molecular formula is C14H21FN2O2S. The second-order valence-electron chi connectivity index (χ2n) is 5.65. The van der Waals surface area contributed by atoms with E-state index in [1.807, 2.05) is 0 Å². The Morgan fingerprint density at radius 3 is 2.65 bits per heavy atom. The maximum Gasteiger partial charge on any atom is 0.229 e. The molecule has 0 spiro atoms. The molecule has 1 aromatic rings. The largest absolute Gasteiger partial charge is 0.383 e. The van der Waals surface area contributed by atoms with Crippen LogP contribution in [0.4, 0.5) is 15.8 Å². The summed E-state index contributed by atoms with van der Waals surface area (Å²) >= 11 is 0. The lowest BCUT2D eigenvalue weighted by Gasteiger charge is -2.29. The molecule has 2 N–H and O–H groups in total. The summed E-state index contributed by atoms with van der Waals surface area (Å²) in [5, 5.41) is 3.29. The topological polar surface area (TPSA) is 58.2 Å². The first-order valence-electron chi connectivity index (χ1n) is 6.87. The summed E-state index contributed by atoms with van der Waals surface area (Å²) in [6.07, 6.45) is 5.99. The Morgan fingerprint density at radius 2 is 2.10 bits per heavy atom. The number of sulfonamides is 1. The molecule has 1 saturated carbocycles. The summed E-state index contributed by atoms with van der Waals surface area (Å²) in [6, 6.07) is 4.68. The number of halogens is 1. The van der Waals surface area contributed by atoms with E-state index in [4.69, 9.17) is 0 Å². The molecule has 0 radical (unpaired) electrons. The molecule has 0 aromatic heterocycles. The fraction of sp³-hybridized carbons (Fsp3) is 0.571. The Hall–Kier alpha value is -1.30. The van der Waals surface area contributed by atoms with Gasteiger partial charge in [0.2, 0.25) is 10.0 Å². The lowest BCUT2D eigenvalue weighted by atomic mass is 9.81. The van der Waals surface area contributed by atoms with Gasteiger partial charge in [0, 0.05) is 11.7 Å². The zero-order valence-corrected chi connectivity index (χ0v) is 12.6. The van der Waals surface area contributed by atoms with Crippen LogP contribution < -0.4 is 10.0 Å². The molecule has 0 bridgehead atoms. The average Bonchev–Trinajstić information content (AvgIpc) is 2.26. The summed E-state index contributed by atoms with van der Waals surface area (Å²) in [4.78, 5) is 0. The summed E-state index contributed by atoms with van der Waals surface area (Å²) in [6.45, 7) is 2.09. The van der Waals surface area contributed by atoms with Gasteiger partial charge in [-0.25, -0.2) is 12.8 Å². The second kappa shape index (κ2) is 5.99. The van der Waals surface area contributed by atoms with Crippen molar-refractivity contribution in [2.24, 2.45) is 5.92 Å². The predicted octanol–water partition coefficient (Wildman–Crippen LogP) is 3.19. The van der Waals surface area contributed by atoms with Crippen molar-refractivity contribution in [3.05, 3.63) is 24.0 Å². The molecular weight excluding hydrogens is 279 g/mol. The number of benzene rings is 1. The summed E-state index contributed by atoms with van der Waals surface area (Å²) < 4.78 is 38.1. The zero-order valence-electron chi connectivity index (χ0n) is 11.8. The fourth-order valence-electron chi connectivity index (χ4n) is 2.46. The first-order chi connectivity index (χ1) is 9.33. The third kappa shape index (κ3) is 4.37. The molecule has 1 atom stereocenters. The highest BCUT2D eigenvalue weighted by Crippen LogP contribution is 2.31. The molecule has 2 rings (SSSR count). The molecule has 0 aliphatic heterocycles. The van der Waals surface area contributed by atoms with Gasteiger partial charge in [-0.05, 0) is 37.5 Å². The van der Waals surface area contributed by atoms with Gasteiger partial charge in [0.15, 0.2) is 0 Å². The maximum absolute atomic E-state index is 13.6. The van der Waals surface area contributed by atoms with Crippen LogP contribution in [-0.2, 0) is 10.0 Å². The normalized spacial score (nSPS) is 17.4. The molecule has 1 aromatic carbocycles. The fourth-order valence-corrected chi connectivity index (χ4v) is 3.02. The van der Waals surface area contributed by atoms with E-state index in [1.54, 1.807) is 6.07 Å². The minimum atomic E-state index is -3.48. The molecule has 0 amide bonds. The molecule has 112 valence electrons. The van der Waals surface area contributed by atoms with Gasteiger partial charge < -0.3 is 5.32 Å². The number of hydrogen-bond acceptors (Lipinski definition) is 3. The van der Waals surface area contributed by atoms with Crippen LogP contribution in [-0.4, -0.2) is 20.7 Å². The van der Waals surface area contributed by atoms with Crippen molar-refractivity contribution in [3.63, 3.8) is 0 Å². The number of nitrogens with one attached hydrogen (secondary N) is 2. The Labute approximate surface area is 119 Å². The SMILES string of the molecule is CC(CC1CCC1)Nc1ccc(F)c(NS(C)(=O)=O)c1. The number of hydrogen-bond donors (Lipinski definition) is 2. The van der Waals surface area contributed by atoms with Gasteiger partial charge in [-0.3, -0.25) is 4.72 Å². The molecule has 4 nitrogen and oxygen atoms in total. The van der Waals surface area contributed by atoms with Gasteiger partial charge in [0.05, 0.1) is 11.9 Å². The number of rotatable bonds is 6. The van der Waals surface area contributed by atoms with Crippen LogP contribution in [0.5, 0.6) is 0 Å². The van der Waals surface area contributed by atoms with E-state index in [9.17, 15) is 12.8 Å². The molecule has 1 aliphatic rings. The Kier molecular flexibility index (Phi) is 4.52. The van der Waals surface area contributed by atoms with Gasteiger partial charge in [-0.2, -0.15) is 0 Å². The highest BCUT2D eigenvalue weighted by atomic mass is 32.2. The van der Waals surface area contributed by atoms with Gasteiger partial charge in [0.25, 0.3) is 0 Å². The summed E-state index contributed by atoms with van der Waals surface area (Å²) in [5.74, 6) is 0.208. The molecule has 1 unspecified atom stereocenters. The van der Waals surface area contributed by atoms with Crippen molar-refractivity contribution in [2.45, 2.75) is 38.6 Å². The van der Waals surface area contributed by atoms with E-state index in [0.29, 0.717) is 0 Å². The lowest BCUT2D eigenvalue weighted by Crippen LogP contribution is -2.23. The minimum absolute atomic E-state index is 0.0201. The van der Waals surface area contributed by atoms with Crippen LogP contribution in [0.25, 0.3) is 0 Å². The van der Waals surface area contributed by atoms with E-state index in [-0.39, 0.29) is 11.7 Å². The van der Waals surface area contributed by atoms with Crippen molar-refractivity contribution < 1.29 is 12.8 Å². The van der Waals surface area contributed by atoms with Crippen molar-refractivity contribution >= 4 is 21.4 Å². The summed E-state index contributed by atoms with van der Waals surface area (Å²) in [5.41, 5.74) is 0.706. The third-order valence-corrected chi connectivity index (χ3v) is 4.18. The van der Waals surface area contributed by atoms with Crippen molar-refractivity contribution in [3.8, 4) is 0 Å². The van der Waals surface area contributed by atoms with E-state index in [0.717, 1.165) is 24.3 Å². The monoisotopic (exact) mass is 300 g/mol. The second-order valence-corrected chi connectivity index (χ2v) is 7.40. The Balaban J connectivity index is 2.02. The molecule has 1 fully saturated rings. The quantitative estimate of drug-likeness (QED) is 0.848. The lowest BCUT2D eigenvalue weighted by molar-refractivity contribution is 0.286. The third-order valence-electron chi connectivity index (χ3n) is 3.59. The van der Waals surface area contributed by atoms with Crippen LogP contribution in [0.1, 0.15) is 32.6 Å². The first-order valence-corrected chi connectivity index (χ1v) is 8.76. The summed E-state index contributed by atoms with van der Waals surface area (Å²) in [7, 11) is -3.48. The Bertz CT molecular complexity index is 571. The van der Waals surface area contributed by atoms with Gasteiger partial charge in [-0.15, -0.1) is 0 Å². The van der Waals surface area contributed by atoms with E-state index in [1.165, 1.54) is 31.4 Å². The average molecular weight is 300 g/mol. The highest BCUT2D eigenvalue weighted by molar-refractivity contribution is 7.92. The van der Waals surface area contributed by atoms with Crippen LogP contribution in [0.3, 0.4) is 0 Å². The minimum Gasteiger partial charge on any atom is -0.383 e. The maximum atomic E-state index is 13.6. The van der Waals surface area contributed by atoms with E-state index in [2.05, 4.69) is 17.0 Å². The standard InChI is InChI=1S/C14H21FN2O2S/c1-10(8-11-4-3-5-11)16-12-6-7-13(15)14(9-12)17-20(2,18)19/h6-7,9-11,16-17H,3-5,8H2,1-2H3. The van der Waals surface area contributed by atoms with Crippen molar-refractivity contribution in [2.75, 3.05) is 16.3 Å². The number of anilines is 2. The smallest absolute Gasteiger partial charge is 0.229 e. The van der Waals surface area contributed by atoms with Gasteiger partial charge >= 0.3 is 0 Å². The zero-order chi connectivity index (χ0) is 14.8. The molecule has 0 saturated heterocycles. The van der Waals surface area contributed by atoms with Crippen LogP contribution in [0.15, 0.2) is 18.2 Å². The first kappa shape index (κ1) is 15.1. The van der Waals surface area contributed by atoms with Crippen molar-refractivity contribution in [1.29, 1.82) is 0 Å². The van der Waals surface area contributed by atoms with E-state index >= 15 is 0 Å². The van der Waals surface area contributed by atoms with Crippen LogP contribution in [0.2, 0.25) is 0 Å². The Morgan fingerprint density at radius 1 is 1.40 bits per heavy atom. The highest BCUT2D eigenvalue weighted by Gasteiger charge is 2.20. The van der Waals surface area contributed by atoms with Crippen molar-refractivity contribution in [1.82, 2.24) is 0 Å². The molecule has 20 heavy (non-hydrogen) atoms. The van der Waals surface area contributed by atoms with E-state index < -0.39 is 15.8 Å². The van der Waals surface area contributed by atoms with Gasteiger partial charge in [-0.1, -0.05) is 19.3 Å². The molecule has 1 aliphatic carbocycles. The molecule has 6 heteroatoms. The van der Waals surface area contributed by atoms with Crippen LogP contribution >= 0.6 is 0 Å². The van der Waals surface area contributed by atoms with Crippen LogP contribution in [0, 0.1) is 11.7 Å².